The van der Waals surface area contributed by atoms with Crippen molar-refractivity contribution in [3.8, 4) is 0 Å². The minimum absolute atomic E-state index is 0.503. The standard InChI is InChI=1S/C19H27N3S/c1-3-11-22-16-8-6-9-17(22)13-15(12-16)20-19(23)21-18-10-5-4-7-14(18)2/h3-5,7,10,15-17H,1,6,8-9,11-13H2,2H3,(H2,20,21,23)/p+1/t15?,16-,17+. The number of anilines is 1. The van der Waals surface area contributed by atoms with Crippen molar-refractivity contribution in [1.82, 2.24) is 5.32 Å². The van der Waals surface area contributed by atoms with Crippen molar-refractivity contribution < 1.29 is 4.90 Å². The summed E-state index contributed by atoms with van der Waals surface area (Å²) in [6.07, 6.45) is 8.59. The Morgan fingerprint density at radius 2 is 2.00 bits per heavy atom. The normalized spacial score (nSPS) is 29.6. The first kappa shape index (κ1) is 16.5. The van der Waals surface area contributed by atoms with Crippen LogP contribution in [-0.4, -0.2) is 29.8 Å². The molecule has 2 heterocycles. The number of nitrogens with one attached hydrogen (secondary N) is 3. The molecule has 2 fully saturated rings. The van der Waals surface area contributed by atoms with Crippen LogP contribution in [0.25, 0.3) is 0 Å². The van der Waals surface area contributed by atoms with Gasteiger partial charge in [-0.05, 0) is 56.1 Å². The maximum Gasteiger partial charge on any atom is 0.171 e. The third-order valence-corrected chi connectivity index (χ3v) is 5.62. The number of para-hydroxylation sites is 1. The predicted octanol–water partition coefficient (Wildman–Crippen LogP) is 2.44. The molecular formula is C19H28N3S+. The first-order valence-electron chi connectivity index (χ1n) is 8.77. The lowest BCUT2D eigenvalue weighted by atomic mass is 9.82. The van der Waals surface area contributed by atoms with Gasteiger partial charge in [-0.15, -0.1) is 0 Å². The average molecular weight is 331 g/mol. The highest BCUT2D eigenvalue weighted by Crippen LogP contribution is 2.22. The Hall–Kier alpha value is -1.39. The molecule has 124 valence electrons. The second-order valence-corrected chi connectivity index (χ2v) is 7.38. The van der Waals surface area contributed by atoms with Crippen LogP contribution in [0.2, 0.25) is 0 Å². The molecule has 0 saturated carbocycles. The van der Waals surface area contributed by atoms with E-state index in [0.717, 1.165) is 29.4 Å². The fourth-order valence-electron chi connectivity index (χ4n) is 4.31. The summed E-state index contributed by atoms with van der Waals surface area (Å²) in [5.41, 5.74) is 2.32. The number of piperidine rings is 2. The third kappa shape index (κ3) is 3.93. The molecular weight excluding hydrogens is 302 g/mol. The van der Waals surface area contributed by atoms with Crippen molar-refractivity contribution >= 4 is 23.0 Å². The molecule has 0 spiro atoms. The summed E-state index contributed by atoms with van der Waals surface area (Å²) in [6.45, 7) is 7.15. The number of fused-ring (bicyclic) bond motifs is 2. The van der Waals surface area contributed by atoms with E-state index in [9.17, 15) is 0 Å². The van der Waals surface area contributed by atoms with Crippen molar-refractivity contribution in [3.63, 3.8) is 0 Å². The van der Waals surface area contributed by atoms with Crippen LogP contribution >= 0.6 is 12.2 Å². The molecule has 0 radical (unpaired) electrons. The van der Waals surface area contributed by atoms with E-state index < -0.39 is 0 Å². The molecule has 3 rings (SSSR count). The van der Waals surface area contributed by atoms with E-state index >= 15 is 0 Å². The van der Waals surface area contributed by atoms with E-state index in [0.29, 0.717) is 6.04 Å². The van der Waals surface area contributed by atoms with Gasteiger partial charge in [-0.3, -0.25) is 0 Å². The topological polar surface area (TPSA) is 28.5 Å². The van der Waals surface area contributed by atoms with Crippen molar-refractivity contribution in [2.24, 2.45) is 0 Å². The Labute approximate surface area is 145 Å². The van der Waals surface area contributed by atoms with Gasteiger partial charge in [0.25, 0.3) is 0 Å². The molecule has 2 aliphatic heterocycles. The van der Waals surface area contributed by atoms with Gasteiger partial charge in [0.15, 0.2) is 5.11 Å². The van der Waals surface area contributed by atoms with Crippen molar-refractivity contribution in [3.05, 3.63) is 42.5 Å². The number of rotatable bonds is 4. The average Bonchev–Trinajstić information content (AvgIpc) is 2.50. The van der Waals surface area contributed by atoms with E-state index in [1.807, 2.05) is 6.07 Å². The molecule has 0 amide bonds. The van der Waals surface area contributed by atoms with Gasteiger partial charge in [0, 0.05) is 24.6 Å². The lowest BCUT2D eigenvalue weighted by Crippen LogP contribution is -3.21. The Kier molecular flexibility index (Phi) is 5.34. The summed E-state index contributed by atoms with van der Waals surface area (Å²) < 4.78 is 0. The fourth-order valence-corrected chi connectivity index (χ4v) is 4.59. The summed E-state index contributed by atoms with van der Waals surface area (Å²) in [6, 6.07) is 10.3. The Bertz CT molecular complexity index is 557. The zero-order valence-corrected chi connectivity index (χ0v) is 14.8. The summed E-state index contributed by atoms with van der Waals surface area (Å²) in [5.74, 6) is 0. The Balaban J connectivity index is 1.58. The van der Waals surface area contributed by atoms with E-state index in [-0.39, 0.29) is 0 Å². The molecule has 2 bridgehead atoms. The van der Waals surface area contributed by atoms with Gasteiger partial charge in [-0.2, -0.15) is 0 Å². The first-order chi connectivity index (χ1) is 11.2. The number of hydrogen-bond acceptors (Lipinski definition) is 1. The monoisotopic (exact) mass is 330 g/mol. The van der Waals surface area contributed by atoms with Gasteiger partial charge >= 0.3 is 0 Å². The summed E-state index contributed by atoms with van der Waals surface area (Å²) in [5, 5.41) is 7.68. The molecule has 2 unspecified atom stereocenters. The molecule has 4 atom stereocenters. The van der Waals surface area contributed by atoms with Crippen LogP contribution in [0.1, 0.15) is 37.7 Å². The lowest BCUT2D eigenvalue weighted by molar-refractivity contribution is -0.955. The van der Waals surface area contributed by atoms with E-state index in [4.69, 9.17) is 12.2 Å². The molecule has 3 N–H and O–H groups in total. The zero-order chi connectivity index (χ0) is 16.2. The van der Waals surface area contributed by atoms with Crippen molar-refractivity contribution in [2.45, 2.75) is 57.2 Å². The largest absolute Gasteiger partial charge is 0.359 e. The van der Waals surface area contributed by atoms with Crippen LogP contribution in [-0.2, 0) is 0 Å². The van der Waals surface area contributed by atoms with Crippen LogP contribution in [0.4, 0.5) is 5.69 Å². The molecule has 1 aromatic carbocycles. The maximum atomic E-state index is 5.54. The molecule has 0 aliphatic carbocycles. The van der Waals surface area contributed by atoms with E-state index in [1.165, 1.54) is 37.7 Å². The van der Waals surface area contributed by atoms with Crippen LogP contribution < -0.4 is 15.5 Å². The van der Waals surface area contributed by atoms with Gasteiger partial charge in [0.2, 0.25) is 0 Å². The summed E-state index contributed by atoms with van der Waals surface area (Å²) >= 11 is 5.54. The molecule has 2 aliphatic rings. The molecule has 0 aromatic heterocycles. The molecule has 3 nitrogen and oxygen atoms in total. The van der Waals surface area contributed by atoms with Gasteiger partial charge in [-0.1, -0.05) is 24.8 Å². The van der Waals surface area contributed by atoms with E-state index in [2.05, 4.69) is 48.4 Å². The number of thiocarbonyl (C=S) groups is 1. The molecule has 4 heteroatoms. The van der Waals surface area contributed by atoms with Gasteiger partial charge in [0.1, 0.15) is 0 Å². The molecule has 2 saturated heterocycles. The highest BCUT2D eigenvalue weighted by Gasteiger charge is 2.41. The maximum absolute atomic E-state index is 5.54. The third-order valence-electron chi connectivity index (χ3n) is 5.40. The number of quaternary nitrogens is 1. The highest BCUT2D eigenvalue weighted by molar-refractivity contribution is 7.80. The number of aryl methyl sites for hydroxylation is 1. The van der Waals surface area contributed by atoms with Crippen LogP contribution in [0.3, 0.4) is 0 Å². The first-order valence-corrected chi connectivity index (χ1v) is 9.18. The lowest BCUT2D eigenvalue weighted by Gasteiger charge is -2.45. The van der Waals surface area contributed by atoms with Crippen LogP contribution in [0, 0.1) is 6.92 Å². The fraction of sp³-hybridized carbons (Fsp3) is 0.526. The smallest absolute Gasteiger partial charge is 0.171 e. The minimum atomic E-state index is 0.503. The van der Waals surface area contributed by atoms with Crippen molar-refractivity contribution in [2.75, 3.05) is 11.9 Å². The van der Waals surface area contributed by atoms with Gasteiger partial charge in [-0.25, -0.2) is 0 Å². The van der Waals surface area contributed by atoms with Crippen molar-refractivity contribution in [1.29, 1.82) is 0 Å². The number of benzene rings is 1. The summed E-state index contributed by atoms with van der Waals surface area (Å²) in [7, 11) is 0. The molecule has 1 aromatic rings. The Morgan fingerprint density at radius 3 is 2.65 bits per heavy atom. The summed E-state index contributed by atoms with van der Waals surface area (Å²) in [4.78, 5) is 1.75. The van der Waals surface area contributed by atoms with Gasteiger partial charge < -0.3 is 15.5 Å². The van der Waals surface area contributed by atoms with E-state index in [1.54, 1.807) is 4.90 Å². The zero-order valence-electron chi connectivity index (χ0n) is 14.0. The predicted molar refractivity (Wildman–Crippen MR) is 101 cm³/mol. The number of hydrogen-bond donors (Lipinski definition) is 3. The molecule has 23 heavy (non-hydrogen) atoms. The highest BCUT2D eigenvalue weighted by atomic mass is 32.1. The van der Waals surface area contributed by atoms with Gasteiger partial charge in [0.05, 0.1) is 18.6 Å². The SMILES string of the molecule is C=CC[NH+]1[C@@H]2CCC[C@H]1CC(NC(=S)Nc1ccccc1C)C2. The minimum Gasteiger partial charge on any atom is -0.359 e. The quantitative estimate of drug-likeness (QED) is 0.585. The van der Waals surface area contributed by atoms with Crippen LogP contribution in [0.5, 0.6) is 0 Å². The second kappa shape index (κ2) is 7.45. The van der Waals surface area contributed by atoms with Crippen LogP contribution in [0.15, 0.2) is 36.9 Å². The second-order valence-electron chi connectivity index (χ2n) is 6.97. The Morgan fingerprint density at radius 1 is 1.30 bits per heavy atom.